The van der Waals surface area contributed by atoms with Crippen LogP contribution in [0, 0.1) is 23.7 Å². The van der Waals surface area contributed by atoms with Crippen LogP contribution in [0.15, 0.2) is 140 Å². The SMILES string of the molecule is CC1(C)CCC(C)(C)c2c(N(c3ccc(-c4ccccc4)cc3)c3ccc4c(c3)C3(c5ccc(-c6ccccc6)cc5-4)C4CC5CC(C4)CC3C5)cccc21. The predicted octanol–water partition coefficient (Wildman–Crippen LogP) is 14.6. The van der Waals surface area contributed by atoms with E-state index in [2.05, 4.69) is 172 Å². The van der Waals surface area contributed by atoms with Crippen LogP contribution in [-0.2, 0) is 16.2 Å². The first-order valence-corrected chi connectivity index (χ1v) is 21.2. The summed E-state index contributed by atoms with van der Waals surface area (Å²) < 4.78 is 0. The third kappa shape index (κ3) is 4.97. The van der Waals surface area contributed by atoms with E-state index in [0.29, 0.717) is 11.8 Å². The standard InChI is InChI=1S/C54H53N/c1-52(2)26-27-53(3,4)51-48(52)16-11-17-50(51)55(43-21-18-39(19-22-43)37-12-7-5-8-13-37)44-23-24-45-46-33-40(38-14-9-6-10-15-38)20-25-47(46)54(49(45)34-44)41-29-35-28-36(31-41)32-42(54)30-35/h5-25,33-36,41-42H,26-32H2,1-4H3. The van der Waals surface area contributed by atoms with Crippen molar-refractivity contribution in [2.45, 2.75) is 88.9 Å². The van der Waals surface area contributed by atoms with Crippen molar-refractivity contribution in [3.05, 3.63) is 162 Å². The summed E-state index contributed by atoms with van der Waals surface area (Å²) >= 11 is 0. The molecular weight excluding hydrogens is 663 g/mol. The summed E-state index contributed by atoms with van der Waals surface area (Å²) in [6.45, 7) is 9.87. The number of nitrogens with zero attached hydrogens (tertiary/aromatic N) is 1. The molecule has 1 heteroatoms. The Hall–Kier alpha value is -4.88. The van der Waals surface area contributed by atoms with Gasteiger partial charge in [-0.1, -0.05) is 131 Å². The molecule has 0 aromatic heterocycles. The molecule has 0 saturated heterocycles. The Morgan fingerprint density at radius 1 is 0.436 bits per heavy atom. The van der Waals surface area contributed by atoms with E-state index in [-0.39, 0.29) is 16.2 Å². The monoisotopic (exact) mass is 715 g/mol. The quantitative estimate of drug-likeness (QED) is 0.172. The lowest BCUT2D eigenvalue weighted by molar-refractivity contribution is -0.0399. The van der Waals surface area contributed by atoms with Crippen molar-refractivity contribution in [3.8, 4) is 33.4 Å². The van der Waals surface area contributed by atoms with Gasteiger partial charge < -0.3 is 4.90 Å². The maximum absolute atomic E-state index is 2.69. The van der Waals surface area contributed by atoms with E-state index in [9.17, 15) is 0 Å². The van der Waals surface area contributed by atoms with E-state index in [1.807, 2.05) is 0 Å². The summed E-state index contributed by atoms with van der Waals surface area (Å²) in [4.78, 5) is 2.64. The molecule has 0 amide bonds. The molecule has 55 heavy (non-hydrogen) atoms. The first-order valence-electron chi connectivity index (χ1n) is 21.2. The van der Waals surface area contributed by atoms with Crippen LogP contribution in [0.3, 0.4) is 0 Å². The van der Waals surface area contributed by atoms with Crippen LogP contribution in [-0.4, -0.2) is 0 Å². The lowest BCUT2D eigenvalue weighted by atomic mass is 9.43. The minimum atomic E-state index is 0.0626. The highest BCUT2D eigenvalue weighted by Gasteiger charge is 2.61. The van der Waals surface area contributed by atoms with Crippen LogP contribution < -0.4 is 4.90 Å². The molecule has 0 heterocycles. The van der Waals surface area contributed by atoms with Crippen LogP contribution >= 0.6 is 0 Å². The van der Waals surface area contributed by atoms with Gasteiger partial charge in [0.2, 0.25) is 0 Å². The van der Waals surface area contributed by atoms with Gasteiger partial charge in [-0.3, -0.25) is 0 Å². The van der Waals surface area contributed by atoms with Gasteiger partial charge in [-0.05, 0) is 171 Å². The van der Waals surface area contributed by atoms with Gasteiger partial charge in [-0.25, -0.2) is 0 Å². The van der Waals surface area contributed by atoms with Crippen LogP contribution in [0.25, 0.3) is 33.4 Å². The largest absolute Gasteiger partial charge is 0.310 e. The number of benzene rings is 6. The maximum atomic E-state index is 2.69. The van der Waals surface area contributed by atoms with E-state index in [4.69, 9.17) is 0 Å². The fraction of sp³-hybridized carbons (Fsp3) is 0.333. The molecule has 0 N–H and O–H groups in total. The Balaban J connectivity index is 1.14. The second-order valence-corrected chi connectivity index (χ2v) is 19.2. The highest BCUT2D eigenvalue weighted by molar-refractivity contribution is 5.89. The fourth-order valence-electron chi connectivity index (χ4n) is 12.9. The van der Waals surface area contributed by atoms with Gasteiger partial charge >= 0.3 is 0 Å². The second-order valence-electron chi connectivity index (χ2n) is 19.2. The first-order chi connectivity index (χ1) is 26.7. The van der Waals surface area contributed by atoms with Crippen molar-refractivity contribution in [2.24, 2.45) is 23.7 Å². The lowest BCUT2D eigenvalue weighted by Gasteiger charge is -2.61. The van der Waals surface area contributed by atoms with Gasteiger partial charge in [0.05, 0.1) is 5.69 Å². The minimum Gasteiger partial charge on any atom is -0.310 e. The van der Waals surface area contributed by atoms with Crippen LogP contribution in [0.4, 0.5) is 17.1 Å². The van der Waals surface area contributed by atoms with Gasteiger partial charge in [-0.2, -0.15) is 0 Å². The second kappa shape index (κ2) is 12.1. The minimum absolute atomic E-state index is 0.0626. The van der Waals surface area contributed by atoms with Crippen LogP contribution in [0.1, 0.15) is 94.9 Å². The maximum Gasteiger partial charge on any atom is 0.0502 e. The Morgan fingerprint density at radius 2 is 1.02 bits per heavy atom. The van der Waals surface area contributed by atoms with Gasteiger partial charge in [0, 0.05) is 16.8 Å². The highest BCUT2D eigenvalue weighted by atomic mass is 15.1. The molecule has 1 spiro atoms. The smallest absolute Gasteiger partial charge is 0.0502 e. The molecule has 6 aromatic rings. The summed E-state index contributed by atoms with van der Waals surface area (Å²) in [6.07, 6.45) is 9.40. The number of fused-ring (bicyclic) bond motifs is 4. The number of hydrogen-bond donors (Lipinski definition) is 0. The fourth-order valence-corrected chi connectivity index (χ4v) is 12.9. The molecule has 6 aliphatic carbocycles. The Bertz CT molecular complexity index is 2400. The van der Waals surface area contributed by atoms with Gasteiger partial charge in [-0.15, -0.1) is 0 Å². The van der Waals surface area contributed by atoms with Gasteiger partial charge in [0.25, 0.3) is 0 Å². The number of anilines is 3. The van der Waals surface area contributed by atoms with Crippen LogP contribution in [0.5, 0.6) is 0 Å². The first kappa shape index (κ1) is 33.5. The molecule has 0 aliphatic heterocycles. The van der Waals surface area contributed by atoms with E-state index < -0.39 is 0 Å². The summed E-state index contributed by atoms with van der Waals surface area (Å²) in [5, 5.41) is 0. The van der Waals surface area contributed by atoms with Crippen molar-refractivity contribution in [1.82, 2.24) is 0 Å². The highest BCUT2D eigenvalue weighted by Crippen LogP contribution is 2.70. The molecule has 1 nitrogen and oxygen atoms in total. The molecule has 4 fully saturated rings. The van der Waals surface area contributed by atoms with E-state index in [1.165, 1.54) is 107 Å². The molecule has 0 unspecified atom stereocenters. The molecule has 0 radical (unpaired) electrons. The zero-order valence-corrected chi connectivity index (χ0v) is 33.0. The normalized spacial score (nSPS) is 26.0. The molecule has 4 saturated carbocycles. The summed E-state index contributed by atoms with van der Waals surface area (Å²) in [6, 6.07) is 53.6. The third-order valence-electron chi connectivity index (χ3n) is 15.3. The zero-order chi connectivity index (χ0) is 37.1. The Morgan fingerprint density at radius 3 is 1.69 bits per heavy atom. The number of hydrogen-bond acceptors (Lipinski definition) is 1. The molecule has 6 aromatic carbocycles. The Kier molecular flexibility index (Phi) is 7.34. The lowest BCUT2D eigenvalue weighted by Crippen LogP contribution is -2.55. The van der Waals surface area contributed by atoms with Crippen molar-refractivity contribution in [1.29, 1.82) is 0 Å². The zero-order valence-electron chi connectivity index (χ0n) is 33.0. The predicted molar refractivity (Wildman–Crippen MR) is 231 cm³/mol. The molecule has 0 atom stereocenters. The molecule has 12 rings (SSSR count). The molecule has 6 aliphatic rings. The van der Waals surface area contributed by atoms with Crippen molar-refractivity contribution >= 4 is 17.1 Å². The average Bonchev–Trinajstić information content (AvgIpc) is 3.49. The van der Waals surface area contributed by atoms with Gasteiger partial charge in [0.15, 0.2) is 0 Å². The van der Waals surface area contributed by atoms with Crippen molar-refractivity contribution < 1.29 is 0 Å². The number of rotatable bonds is 5. The molecule has 4 bridgehead atoms. The topological polar surface area (TPSA) is 3.24 Å². The molecule has 274 valence electrons. The van der Waals surface area contributed by atoms with E-state index in [1.54, 1.807) is 11.1 Å². The van der Waals surface area contributed by atoms with Crippen molar-refractivity contribution in [3.63, 3.8) is 0 Å². The summed E-state index contributed by atoms with van der Waals surface area (Å²) in [5.74, 6) is 3.25. The Labute approximate surface area is 328 Å². The summed E-state index contributed by atoms with van der Waals surface area (Å²) in [5.41, 5.74) is 18.5. The summed E-state index contributed by atoms with van der Waals surface area (Å²) in [7, 11) is 0. The van der Waals surface area contributed by atoms with E-state index >= 15 is 0 Å². The van der Waals surface area contributed by atoms with Crippen molar-refractivity contribution in [2.75, 3.05) is 4.90 Å². The third-order valence-corrected chi connectivity index (χ3v) is 15.3. The van der Waals surface area contributed by atoms with Gasteiger partial charge in [0.1, 0.15) is 0 Å². The van der Waals surface area contributed by atoms with E-state index in [0.717, 1.165) is 11.8 Å². The van der Waals surface area contributed by atoms with Crippen LogP contribution in [0.2, 0.25) is 0 Å². The molecular formula is C54H53N. The average molecular weight is 716 g/mol.